The number of nitrogens with zero attached hydrogens (tertiary/aromatic N) is 1. The first-order chi connectivity index (χ1) is 14.3. The lowest BCUT2D eigenvalue weighted by atomic mass is 10.2. The number of nitrogens with one attached hydrogen (secondary N) is 1. The number of esters is 1. The fraction of sp³-hybridized carbons (Fsp3) is 0.190. The standard InChI is InChI=1S/C21H18F2N2O5/c1-13(21(27)25-15-5-6-16(22)17(23)12-15)30-20(26)8-4-14-3-7-18(29-10-9-24)19(11-14)28-2/h3-8,11-13H,10H2,1-2H3,(H,25,27)/b8-4+/t13-/m1/s1. The number of rotatable bonds is 8. The summed E-state index contributed by atoms with van der Waals surface area (Å²) < 4.78 is 41.5. The van der Waals surface area contributed by atoms with Crippen LogP contribution in [0.5, 0.6) is 11.5 Å². The Morgan fingerprint density at radius 3 is 2.60 bits per heavy atom. The molecule has 0 saturated carbocycles. The normalized spacial score (nSPS) is 11.4. The van der Waals surface area contributed by atoms with Crippen LogP contribution in [0.3, 0.4) is 0 Å². The maximum atomic E-state index is 13.2. The van der Waals surface area contributed by atoms with E-state index in [1.165, 1.54) is 26.2 Å². The lowest BCUT2D eigenvalue weighted by Crippen LogP contribution is -2.29. The molecule has 0 aliphatic heterocycles. The van der Waals surface area contributed by atoms with E-state index >= 15 is 0 Å². The molecular weight excluding hydrogens is 398 g/mol. The van der Waals surface area contributed by atoms with Gasteiger partial charge in [0, 0.05) is 17.8 Å². The van der Waals surface area contributed by atoms with Crippen LogP contribution < -0.4 is 14.8 Å². The first-order valence-electron chi connectivity index (χ1n) is 8.66. The van der Waals surface area contributed by atoms with Gasteiger partial charge in [0.15, 0.2) is 35.8 Å². The molecule has 156 valence electrons. The molecule has 1 N–H and O–H groups in total. The highest BCUT2D eigenvalue weighted by Gasteiger charge is 2.17. The minimum absolute atomic E-state index is 0.0307. The second-order valence-corrected chi connectivity index (χ2v) is 5.89. The van der Waals surface area contributed by atoms with Crippen molar-refractivity contribution in [2.24, 2.45) is 0 Å². The molecule has 9 heteroatoms. The van der Waals surface area contributed by atoms with Gasteiger partial charge in [0.05, 0.1) is 7.11 Å². The Morgan fingerprint density at radius 1 is 1.17 bits per heavy atom. The third-order valence-electron chi connectivity index (χ3n) is 3.74. The number of anilines is 1. The van der Waals surface area contributed by atoms with Crippen LogP contribution in [0.1, 0.15) is 12.5 Å². The van der Waals surface area contributed by atoms with E-state index in [0.29, 0.717) is 17.1 Å². The summed E-state index contributed by atoms with van der Waals surface area (Å²) in [5, 5.41) is 10.9. The molecule has 0 aliphatic carbocycles. The van der Waals surface area contributed by atoms with Crippen molar-refractivity contribution in [1.29, 1.82) is 5.26 Å². The van der Waals surface area contributed by atoms with Gasteiger partial charge in [-0.15, -0.1) is 0 Å². The van der Waals surface area contributed by atoms with Gasteiger partial charge in [0.25, 0.3) is 5.91 Å². The molecule has 1 amide bonds. The lowest BCUT2D eigenvalue weighted by Gasteiger charge is -2.12. The van der Waals surface area contributed by atoms with Gasteiger partial charge < -0.3 is 19.5 Å². The predicted octanol–water partition coefficient (Wildman–Crippen LogP) is 3.46. The first kappa shape index (κ1) is 22.4. The molecule has 0 radical (unpaired) electrons. The van der Waals surface area contributed by atoms with E-state index in [2.05, 4.69) is 5.32 Å². The fourth-order valence-electron chi connectivity index (χ4n) is 2.27. The molecule has 0 bridgehead atoms. The Balaban J connectivity index is 1.95. The number of hydrogen-bond acceptors (Lipinski definition) is 6. The van der Waals surface area contributed by atoms with Gasteiger partial charge in [-0.2, -0.15) is 5.26 Å². The summed E-state index contributed by atoms with van der Waals surface area (Å²) >= 11 is 0. The van der Waals surface area contributed by atoms with E-state index in [9.17, 15) is 18.4 Å². The monoisotopic (exact) mass is 416 g/mol. The van der Waals surface area contributed by atoms with E-state index in [1.807, 2.05) is 6.07 Å². The maximum absolute atomic E-state index is 13.2. The van der Waals surface area contributed by atoms with Crippen molar-refractivity contribution in [1.82, 2.24) is 0 Å². The number of methoxy groups -OCH3 is 1. The van der Waals surface area contributed by atoms with Gasteiger partial charge in [0.1, 0.15) is 6.07 Å². The van der Waals surface area contributed by atoms with E-state index in [1.54, 1.807) is 18.2 Å². The van der Waals surface area contributed by atoms with Gasteiger partial charge in [-0.3, -0.25) is 4.79 Å². The van der Waals surface area contributed by atoms with E-state index in [4.69, 9.17) is 19.5 Å². The zero-order valence-corrected chi connectivity index (χ0v) is 16.1. The molecule has 2 aromatic carbocycles. The highest BCUT2D eigenvalue weighted by atomic mass is 19.2. The third kappa shape index (κ3) is 6.31. The number of nitriles is 1. The van der Waals surface area contributed by atoms with E-state index < -0.39 is 29.6 Å². The van der Waals surface area contributed by atoms with Crippen LogP contribution in [0.25, 0.3) is 6.08 Å². The summed E-state index contributed by atoms with van der Waals surface area (Å²) in [5.41, 5.74) is 0.621. The lowest BCUT2D eigenvalue weighted by molar-refractivity contribution is -0.148. The van der Waals surface area contributed by atoms with Crippen molar-refractivity contribution in [2.45, 2.75) is 13.0 Å². The van der Waals surface area contributed by atoms with Gasteiger partial charge in [-0.05, 0) is 42.8 Å². The van der Waals surface area contributed by atoms with Crippen LogP contribution in [-0.4, -0.2) is 31.7 Å². The van der Waals surface area contributed by atoms with Crippen LogP contribution >= 0.6 is 0 Å². The van der Waals surface area contributed by atoms with Crippen molar-refractivity contribution >= 4 is 23.6 Å². The van der Waals surface area contributed by atoms with E-state index in [-0.39, 0.29) is 12.3 Å². The van der Waals surface area contributed by atoms with Crippen molar-refractivity contribution in [3.05, 3.63) is 59.7 Å². The molecule has 2 rings (SSSR count). The molecule has 1 atom stereocenters. The van der Waals surface area contributed by atoms with Crippen molar-refractivity contribution < 1.29 is 32.6 Å². The second kappa shape index (κ2) is 10.6. The molecule has 0 spiro atoms. The molecule has 0 aliphatic rings. The molecule has 0 unspecified atom stereocenters. The first-order valence-corrected chi connectivity index (χ1v) is 8.66. The van der Waals surface area contributed by atoms with Crippen molar-refractivity contribution in [2.75, 3.05) is 19.0 Å². The van der Waals surface area contributed by atoms with Crippen LogP contribution in [0.2, 0.25) is 0 Å². The van der Waals surface area contributed by atoms with Crippen LogP contribution in [-0.2, 0) is 14.3 Å². The molecule has 0 aromatic heterocycles. The molecule has 0 heterocycles. The van der Waals surface area contributed by atoms with Gasteiger partial charge in [-0.25, -0.2) is 13.6 Å². The average molecular weight is 416 g/mol. The van der Waals surface area contributed by atoms with Crippen molar-refractivity contribution in [3.8, 4) is 17.6 Å². The Hall–Kier alpha value is -3.93. The summed E-state index contributed by atoms with van der Waals surface area (Å²) in [4.78, 5) is 24.0. The Labute approximate surface area is 171 Å². The number of benzene rings is 2. The number of amides is 1. The van der Waals surface area contributed by atoms with Crippen molar-refractivity contribution in [3.63, 3.8) is 0 Å². The van der Waals surface area contributed by atoms with E-state index in [0.717, 1.165) is 18.2 Å². The minimum Gasteiger partial charge on any atom is -0.493 e. The highest BCUT2D eigenvalue weighted by molar-refractivity contribution is 5.96. The Kier molecular flexibility index (Phi) is 7.88. The number of hydrogen-bond donors (Lipinski definition) is 1. The summed E-state index contributed by atoms with van der Waals surface area (Å²) in [7, 11) is 1.43. The quantitative estimate of drug-likeness (QED) is 0.523. The zero-order chi connectivity index (χ0) is 22.1. The summed E-state index contributed by atoms with van der Waals surface area (Å²) in [6.45, 7) is 1.20. The number of ether oxygens (including phenoxy) is 3. The van der Waals surface area contributed by atoms with Gasteiger partial charge in [0.2, 0.25) is 0 Å². The van der Waals surface area contributed by atoms with Gasteiger partial charge in [-0.1, -0.05) is 6.07 Å². The van der Waals surface area contributed by atoms with Crippen LogP contribution in [0, 0.1) is 23.0 Å². The molecule has 0 fully saturated rings. The third-order valence-corrected chi connectivity index (χ3v) is 3.74. The molecule has 0 saturated heterocycles. The number of carbonyl (C=O) groups is 2. The van der Waals surface area contributed by atoms with Crippen LogP contribution in [0.4, 0.5) is 14.5 Å². The Bertz CT molecular complexity index is 1000. The maximum Gasteiger partial charge on any atom is 0.331 e. The molecular formula is C21H18F2N2O5. The summed E-state index contributed by atoms with van der Waals surface area (Å²) in [6, 6.07) is 9.53. The number of carbonyl (C=O) groups excluding carboxylic acids is 2. The molecule has 7 nitrogen and oxygen atoms in total. The number of halogens is 2. The minimum atomic E-state index is -1.17. The largest absolute Gasteiger partial charge is 0.493 e. The second-order valence-electron chi connectivity index (χ2n) is 5.89. The fourth-order valence-corrected chi connectivity index (χ4v) is 2.27. The average Bonchev–Trinajstić information content (AvgIpc) is 2.73. The smallest absolute Gasteiger partial charge is 0.331 e. The zero-order valence-electron chi connectivity index (χ0n) is 16.1. The van der Waals surface area contributed by atoms with Crippen LogP contribution in [0.15, 0.2) is 42.5 Å². The molecule has 2 aromatic rings. The summed E-state index contributed by atoms with van der Waals surface area (Å²) in [5.74, 6) is -2.89. The highest BCUT2D eigenvalue weighted by Crippen LogP contribution is 2.28. The predicted molar refractivity (Wildman–Crippen MR) is 104 cm³/mol. The molecule has 30 heavy (non-hydrogen) atoms. The SMILES string of the molecule is COc1cc(/C=C/C(=O)O[C@H](C)C(=O)Nc2ccc(F)c(F)c2)ccc1OCC#N. The van der Waals surface area contributed by atoms with Gasteiger partial charge >= 0.3 is 5.97 Å². The topological polar surface area (TPSA) is 97.7 Å². The Morgan fingerprint density at radius 2 is 1.93 bits per heavy atom. The summed E-state index contributed by atoms with van der Waals surface area (Å²) in [6.07, 6.45) is 1.39.